The Kier molecular flexibility index (Phi) is 4.08. The maximum Gasteiger partial charge on any atom is 0.573 e. The quantitative estimate of drug-likeness (QED) is 0.843. The Morgan fingerprint density at radius 2 is 1.93 bits per heavy atom. The first-order chi connectivity index (χ1) is 13.1. The van der Waals surface area contributed by atoms with Crippen LogP contribution in [0, 0.1) is 0 Å². The van der Waals surface area contributed by atoms with Crippen molar-refractivity contribution in [3.05, 3.63) is 59.2 Å². The summed E-state index contributed by atoms with van der Waals surface area (Å²) in [5.41, 5.74) is 0.547. The third kappa shape index (κ3) is 3.07. The highest BCUT2D eigenvalue weighted by Gasteiger charge is 2.48. The highest BCUT2D eigenvalue weighted by Crippen LogP contribution is 2.46. The monoisotopic (exact) mass is 393 g/mol. The van der Waals surface area contributed by atoms with Crippen LogP contribution < -0.4 is 9.47 Å². The van der Waals surface area contributed by atoms with Crippen molar-refractivity contribution >= 4 is 5.91 Å². The minimum atomic E-state index is -4.85. The van der Waals surface area contributed by atoms with Crippen molar-refractivity contribution in [2.24, 2.45) is 0 Å². The Bertz CT molecular complexity index is 941. The van der Waals surface area contributed by atoms with E-state index in [4.69, 9.17) is 4.74 Å². The smallest absolute Gasteiger partial charge is 0.485 e. The standard InChI is InChI=1S/C20H18F3NO4/c1-19(2)17(25)16(24-10-11-5-3-4-6-13(11)18(24)26)14-9-12(27-20(21,22)23)7-8-15(14)28-19/h3-9,16-17,25H,10H2,1-2H3/t16-,17?/m1/s1. The number of nitrogens with zero attached hydrogens (tertiary/aromatic N) is 1. The van der Waals surface area contributed by atoms with E-state index in [1.807, 2.05) is 12.1 Å². The van der Waals surface area contributed by atoms with E-state index in [2.05, 4.69) is 4.74 Å². The summed E-state index contributed by atoms with van der Waals surface area (Å²) in [6.45, 7) is 3.58. The molecule has 4 rings (SSSR count). The van der Waals surface area contributed by atoms with Crippen molar-refractivity contribution in [2.75, 3.05) is 0 Å². The van der Waals surface area contributed by atoms with Crippen LogP contribution in [0.2, 0.25) is 0 Å². The van der Waals surface area contributed by atoms with Gasteiger partial charge in [0.05, 0.1) is 6.04 Å². The van der Waals surface area contributed by atoms with E-state index in [0.717, 1.165) is 11.6 Å². The molecule has 2 aromatic rings. The molecule has 0 aromatic heterocycles. The third-order valence-electron chi connectivity index (χ3n) is 5.10. The van der Waals surface area contributed by atoms with Gasteiger partial charge in [0.25, 0.3) is 5.91 Å². The summed E-state index contributed by atoms with van der Waals surface area (Å²) in [4.78, 5) is 14.4. The van der Waals surface area contributed by atoms with Crippen molar-refractivity contribution in [2.45, 2.75) is 44.5 Å². The maximum atomic E-state index is 12.9. The van der Waals surface area contributed by atoms with E-state index in [1.165, 1.54) is 17.0 Å². The Hall–Kier alpha value is -2.74. The van der Waals surface area contributed by atoms with E-state index in [-0.39, 0.29) is 18.0 Å². The summed E-state index contributed by atoms with van der Waals surface area (Å²) in [5.74, 6) is -0.417. The van der Waals surface area contributed by atoms with Gasteiger partial charge in [-0.25, -0.2) is 0 Å². The highest BCUT2D eigenvalue weighted by molar-refractivity contribution is 5.98. The largest absolute Gasteiger partial charge is 0.573 e. The number of benzene rings is 2. The van der Waals surface area contributed by atoms with Crippen LogP contribution >= 0.6 is 0 Å². The van der Waals surface area contributed by atoms with Gasteiger partial charge in [-0.2, -0.15) is 0 Å². The minimum Gasteiger partial charge on any atom is -0.485 e. The van der Waals surface area contributed by atoms with Gasteiger partial charge in [0.2, 0.25) is 0 Å². The van der Waals surface area contributed by atoms with Gasteiger partial charge in [-0.15, -0.1) is 13.2 Å². The second-order valence-corrected chi connectivity index (χ2v) is 7.43. The van der Waals surface area contributed by atoms with Crippen LogP contribution in [0.3, 0.4) is 0 Å². The number of aliphatic hydroxyl groups excluding tert-OH is 1. The van der Waals surface area contributed by atoms with Gasteiger partial charge in [0.15, 0.2) is 0 Å². The Labute approximate surface area is 159 Å². The van der Waals surface area contributed by atoms with Crippen LogP contribution in [0.5, 0.6) is 11.5 Å². The minimum absolute atomic E-state index is 0.247. The zero-order valence-electron chi connectivity index (χ0n) is 15.2. The lowest BCUT2D eigenvalue weighted by atomic mass is 9.85. The van der Waals surface area contributed by atoms with Crippen LogP contribution in [-0.4, -0.2) is 34.0 Å². The van der Waals surface area contributed by atoms with Gasteiger partial charge < -0.3 is 19.5 Å². The number of fused-ring (bicyclic) bond motifs is 2. The molecule has 1 unspecified atom stereocenters. The van der Waals surface area contributed by atoms with Gasteiger partial charge in [-0.3, -0.25) is 4.79 Å². The average molecular weight is 393 g/mol. The zero-order valence-corrected chi connectivity index (χ0v) is 15.2. The molecule has 0 fully saturated rings. The summed E-state index contributed by atoms with van der Waals surface area (Å²) >= 11 is 0. The molecule has 28 heavy (non-hydrogen) atoms. The number of rotatable bonds is 2. The number of hydrogen-bond acceptors (Lipinski definition) is 4. The predicted molar refractivity (Wildman–Crippen MR) is 92.9 cm³/mol. The molecule has 2 aliphatic rings. The number of ether oxygens (including phenoxy) is 2. The molecule has 0 aliphatic carbocycles. The molecule has 0 spiro atoms. The van der Waals surface area contributed by atoms with Crippen LogP contribution in [0.1, 0.15) is 41.4 Å². The number of hydrogen-bond donors (Lipinski definition) is 1. The van der Waals surface area contributed by atoms with E-state index in [1.54, 1.807) is 26.0 Å². The van der Waals surface area contributed by atoms with Crippen molar-refractivity contribution in [3.8, 4) is 11.5 Å². The highest BCUT2D eigenvalue weighted by atomic mass is 19.4. The first-order valence-electron chi connectivity index (χ1n) is 8.72. The number of carbonyl (C=O) groups excluding carboxylic acids is 1. The fourth-order valence-electron chi connectivity index (χ4n) is 3.78. The number of aliphatic hydroxyl groups is 1. The Morgan fingerprint density at radius 3 is 2.61 bits per heavy atom. The molecule has 0 bridgehead atoms. The lowest BCUT2D eigenvalue weighted by Crippen LogP contribution is -2.53. The molecule has 0 saturated heterocycles. The van der Waals surface area contributed by atoms with Gasteiger partial charge in [0.1, 0.15) is 23.2 Å². The van der Waals surface area contributed by atoms with E-state index < -0.39 is 29.9 Å². The number of amides is 1. The van der Waals surface area contributed by atoms with Gasteiger partial charge >= 0.3 is 6.36 Å². The van der Waals surface area contributed by atoms with Crippen molar-refractivity contribution in [1.29, 1.82) is 0 Å². The zero-order chi connectivity index (χ0) is 20.3. The topological polar surface area (TPSA) is 59.0 Å². The molecule has 0 radical (unpaired) electrons. The number of alkyl halides is 3. The van der Waals surface area contributed by atoms with Crippen molar-refractivity contribution in [1.82, 2.24) is 4.90 Å². The second kappa shape index (κ2) is 6.13. The molecule has 2 aromatic carbocycles. The first-order valence-corrected chi connectivity index (χ1v) is 8.72. The SMILES string of the molecule is CC1(C)Oc2ccc(OC(F)(F)F)cc2[C@@H](N2Cc3ccccc3C2=O)C1O. The molecule has 1 amide bonds. The second-order valence-electron chi connectivity index (χ2n) is 7.43. The van der Waals surface area contributed by atoms with E-state index in [0.29, 0.717) is 11.3 Å². The Balaban J connectivity index is 1.79. The number of carbonyl (C=O) groups is 1. The van der Waals surface area contributed by atoms with Crippen LogP contribution in [0.25, 0.3) is 0 Å². The summed E-state index contributed by atoms with van der Waals surface area (Å²) < 4.78 is 47.7. The fraction of sp³-hybridized carbons (Fsp3) is 0.350. The predicted octanol–water partition coefficient (Wildman–Crippen LogP) is 3.81. The lowest BCUT2D eigenvalue weighted by Gasteiger charge is -2.45. The summed E-state index contributed by atoms with van der Waals surface area (Å²) in [6.07, 6.45) is -6.00. The van der Waals surface area contributed by atoms with E-state index >= 15 is 0 Å². The molecule has 2 atom stereocenters. The fourth-order valence-corrected chi connectivity index (χ4v) is 3.78. The molecular formula is C20H18F3NO4. The molecule has 2 aliphatic heterocycles. The lowest BCUT2D eigenvalue weighted by molar-refractivity contribution is -0.274. The normalized spacial score (nSPS) is 23.1. The van der Waals surface area contributed by atoms with Crippen LogP contribution in [0.4, 0.5) is 13.2 Å². The summed E-state index contributed by atoms with van der Waals surface area (Å²) in [7, 11) is 0. The first kappa shape index (κ1) is 18.6. The summed E-state index contributed by atoms with van der Waals surface area (Å²) in [5, 5.41) is 10.9. The average Bonchev–Trinajstić information content (AvgIpc) is 2.92. The summed E-state index contributed by atoms with van der Waals surface area (Å²) in [6, 6.07) is 9.87. The molecule has 5 nitrogen and oxygen atoms in total. The molecule has 8 heteroatoms. The maximum absolute atomic E-state index is 12.9. The number of halogens is 3. The molecule has 148 valence electrons. The molecule has 1 N–H and O–H groups in total. The molecule has 2 heterocycles. The van der Waals surface area contributed by atoms with Crippen molar-refractivity contribution < 1.29 is 32.5 Å². The van der Waals surface area contributed by atoms with Crippen LogP contribution in [-0.2, 0) is 6.54 Å². The van der Waals surface area contributed by atoms with Crippen molar-refractivity contribution in [3.63, 3.8) is 0 Å². The van der Waals surface area contributed by atoms with Crippen LogP contribution in [0.15, 0.2) is 42.5 Å². The van der Waals surface area contributed by atoms with E-state index in [9.17, 15) is 23.1 Å². The Morgan fingerprint density at radius 1 is 1.21 bits per heavy atom. The van der Waals surface area contributed by atoms with Gasteiger partial charge in [-0.1, -0.05) is 18.2 Å². The van der Waals surface area contributed by atoms with Gasteiger partial charge in [0, 0.05) is 17.7 Å². The third-order valence-corrected chi connectivity index (χ3v) is 5.10. The molecule has 0 saturated carbocycles. The molecular weight excluding hydrogens is 375 g/mol. The van der Waals surface area contributed by atoms with Gasteiger partial charge in [-0.05, 0) is 43.7 Å².